The molecule has 0 atom stereocenters. The predicted octanol–water partition coefficient (Wildman–Crippen LogP) is 4.57. The molecular formula is C14H18Br2O2S. The summed E-state index contributed by atoms with van der Waals surface area (Å²) in [5, 5.41) is 0.771. The quantitative estimate of drug-likeness (QED) is 0.682. The molecule has 1 saturated carbocycles. The van der Waals surface area contributed by atoms with Gasteiger partial charge in [0.2, 0.25) is 0 Å². The zero-order valence-corrected chi connectivity index (χ0v) is 14.7. The van der Waals surface area contributed by atoms with Gasteiger partial charge in [0.05, 0.1) is 10.6 Å². The lowest BCUT2D eigenvalue weighted by molar-refractivity contribution is 0.256. The largest absolute Gasteiger partial charge is 0.224 e. The first-order chi connectivity index (χ1) is 8.97. The van der Waals surface area contributed by atoms with Crippen LogP contribution in [0, 0.1) is 5.41 Å². The average molecular weight is 410 g/mol. The Bertz CT molecular complexity index is 534. The van der Waals surface area contributed by atoms with Crippen LogP contribution < -0.4 is 0 Å². The van der Waals surface area contributed by atoms with Crippen LogP contribution in [0.15, 0.2) is 33.6 Å². The fourth-order valence-electron chi connectivity index (χ4n) is 2.77. The minimum Gasteiger partial charge on any atom is -0.224 e. The fraction of sp³-hybridized carbons (Fsp3) is 0.571. The number of hydrogen-bond donors (Lipinski definition) is 0. The molecule has 0 aliphatic heterocycles. The first kappa shape index (κ1) is 15.5. The first-order valence-electron chi connectivity index (χ1n) is 6.52. The SMILES string of the molecule is O=S(=O)(CC1(CBr)CCCCC1)c1cccc(Br)c1. The van der Waals surface area contributed by atoms with Crippen molar-refractivity contribution in [1.82, 2.24) is 0 Å². The number of rotatable bonds is 4. The lowest BCUT2D eigenvalue weighted by atomic mass is 9.77. The van der Waals surface area contributed by atoms with Gasteiger partial charge in [-0.1, -0.05) is 57.2 Å². The molecule has 1 aliphatic carbocycles. The van der Waals surface area contributed by atoms with Gasteiger partial charge in [-0.15, -0.1) is 0 Å². The third kappa shape index (κ3) is 3.82. The summed E-state index contributed by atoms with van der Waals surface area (Å²) in [6.07, 6.45) is 5.52. The topological polar surface area (TPSA) is 34.1 Å². The molecule has 0 unspecified atom stereocenters. The molecule has 1 fully saturated rings. The molecule has 2 rings (SSSR count). The predicted molar refractivity (Wildman–Crippen MR) is 85.5 cm³/mol. The van der Waals surface area contributed by atoms with E-state index in [2.05, 4.69) is 31.9 Å². The van der Waals surface area contributed by atoms with E-state index in [1.54, 1.807) is 18.2 Å². The van der Waals surface area contributed by atoms with Crippen molar-refractivity contribution in [3.05, 3.63) is 28.7 Å². The van der Waals surface area contributed by atoms with Gasteiger partial charge >= 0.3 is 0 Å². The van der Waals surface area contributed by atoms with Gasteiger partial charge < -0.3 is 0 Å². The van der Waals surface area contributed by atoms with Crippen molar-refractivity contribution in [3.8, 4) is 0 Å². The molecule has 2 nitrogen and oxygen atoms in total. The summed E-state index contributed by atoms with van der Waals surface area (Å²) in [7, 11) is -3.21. The third-order valence-corrected chi connectivity index (χ3v) is 7.50. The van der Waals surface area contributed by atoms with Gasteiger partial charge in [0, 0.05) is 9.80 Å². The molecule has 0 bridgehead atoms. The summed E-state index contributed by atoms with van der Waals surface area (Å²) in [5.74, 6) is 0.252. The molecule has 0 heterocycles. The van der Waals surface area contributed by atoms with E-state index in [-0.39, 0.29) is 11.2 Å². The Morgan fingerprint density at radius 2 is 1.84 bits per heavy atom. The summed E-state index contributed by atoms with van der Waals surface area (Å²) in [4.78, 5) is 0.424. The second-order valence-electron chi connectivity index (χ2n) is 5.41. The average Bonchev–Trinajstić information content (AvgIpc) is 2.39. The summed E-state index contributed by atoms with van der Waals surface area (Å²) < 4.78 is 26.0. The molecule has 1 aromatic carbocycles. The van der Waals surface area contributed by atoms with Crippen molar-refractivity contribution in [1.29, 1.82) is 0 Å². The maximum atomic E-state index is 12.6. The minimum absolute atomic E-state index is 0.0839. The van der Waals surface area contributed by atoms with Gasteiger partial charge in [0.1, 0.15) is 0 Å². The Morgan fingerprint density at radius 1 is 1.16 bits per heavy atom. The van der Waals surface area contributed by atoms with E-state index in [9.17, 15) is 8.42 Å². The first-order valence-corrected chi connectivity index (χ1v) is 10.1. The molecule has 5 heteroatoms. The van der Waals surface area contributed by atoms with E-state index >= 15 is 0 Å². The zero-order valence-electron chi connectivity index (χ0n) is 10.7. The fourth-order valence-corrected chi connectivity index (χ4v) is 6.29. The molecule has 0 amide bonds. The molecule has 0 aromatic heterocycles. The Labute approximate surface area is 132 Å². The van der Waals surface area contributed by atoms with E-state index < -0.39 is 9.84 Å². The number of halogens is 2. The van der Waals surface area contributed by atoms with Crippen LogP contribution in [0.3, 0.4) is 0 Å². The molecule has 0 spiro atoms. The third-order valence-electron chi connectivity index (χ3n) is 3.85. The maximum absolute atomic E-state index is 12.6. The van der Waals surface area contributed by atoms with E-state index in [0.29, 0.717) is 4.90 Å². The zero-order chi connectivity index (χ0) is 13.9. The van der Waals surface area contributed by atoms with Crippen LogP contribution in [0.1, 0.15) is 32.1 Å². The molecule has 1 aromatic rings. The van der Waals surface area contributed by atoms with Crippen molar-refractivity contribution >= 4 is 41.7 Å². The minimum atomic E-state index is -3.21. The van der Waals surface area contributed by atoms with Crippen molar-refractivity contribution in [3.63, 3.8) is 0 Å². The smallest absolute Gasteiger partial charge is 0.178 e. The highest BCUT2D eigenvalue weighted by atomic mass is 79.9. The van der Waals surface area contributed by atoms with Crippen molar-refractivity contribution in [2.45, 2.75) is 37.0 Å². The maximum Gasteiger partial charge on any atom is 0.178 e. The van der Waals surface area contributed by atoms with Crippen molar-refractivity contribution in [2.24, 2.45) is 5.41 Å². The van der Waals surface area contributed by atoms with E-state index in [0.717, 1.165) is 35.5 Å². The van der Waals surface area contributed by atoms with E-state index in [1.165, 1.54) is 6.42 Å². The summed E-state index contributed by atoms with van der Waals surface area (Å²) in [6, 6.07) is 7.00. The number of sulfone groups is 1. The Kier molecular flexibility index (Phi) is 5.12. The van der Waals surface area contributed by atoms with Crippen LogP contribution in [-0.2, 0) is 9.84 Å². The Balaban J connectivity index is 2.25. The van der Waals surface area contributed by atoms with Crippen LogP contribution in [0.25, 0.3) is 0 Å². The van der Waals surface area contributed by atoms with Crippen molar-refractivity contribution < 1.29 is 8.42 Å². The van der Waals surface area contributed by atoms with E-state index in [4.69, 9.17) is 0 Å². The lowest BCUT2D eigenvalue weighted by Gasteiger charge is -2.35. The van der Waals surface area contributed by atoms with Crippen LogP contribution in [-0.4, -0.2) is 19.5 Å². The highest BCUT2D eigenvalue weighted by molar-refractivity contribution is 9.10. The van der Waals surface area contributed by atoms with Gasteiger partial charge in [-0.25, -0.2) is 8.42 Å². The summed E-state index contributed by atoms with van der Waals surface area (Å²) in [5.41, 5.74) is -0.0839. The van der Waals surface area contributed by atoms with Gasteiger partial charge in [0.15, 0.2) is 9.84 Å². The molecule has 106 valence electrons. The Morgan fingerprint density at radius 3 is 2.42 bits per heavy atom. The second kappa shape index (κ2) is 6.27. The van der Waals surface area contributed by atoms with Crippen LogP contribution >= 0.6 is 31.9 Å². The van der Waals surface area contributed by atoms with Gasteiger partial charge in [-0.3, -0.25) is 0 Å². The van der Waals surface area contributed by atoms with Gasteiger partial charge in [0.25, 0.3) is 0 Å². The highest BCUT2D eigenvalue weighted by Gasteiger charge is 2.36. The molecule has 0 radical (unpaired) electrons. The lowest BCUT2D eigenvalue weighted by Crippen LogP contribution is -2.34. The summed E-state index contributed by atoms with van der Waals surface area (Å²) >= 11 is 6.87. The molecule has 1 aliphatic rings. The molecule has 0 saturated heterocycles. The van der Waals surface area contributed by atoms with Gasteiger partial charge in [-0.05, 0) is 36.5 Å². The van der Waals surface area contributed by atoms with Crippen molar-refractivity contribution in [2.75, 3.05) is 11.1 Å². The molecule has 19 heavy (non-hydrogen) atoms. The van der Waals surface area contributed by atoms with E-state index in [1.807, 2.05) is 6.07 Å². The monoisotopic (exact) mass is 408 g/mol. The highest BCUT2D eigenvalue weighted by Crippen LogP contribution is 2.40. The van der Waals surface area contributed by atoms with Crippen LogP contribution in [0.2, 0.25) is 0 Å². The molecule has 0 N–H and O–H groups in total. The van der Waals surface area contributed by atoms with Crippen LogP contribution in [0.4, 0.5) is 0 Å². The number of alkyl halides is 1. The summed E-state index contributed by atoms with van der Waals surface area (Å²) in [6.45, 7) is 0. The normalized spacial score (nSPS) is 19.3. The van der Waals surface area contributed by atoms with Gasteiger partial charge in [-0.2, -0.15) is 0 Å². The van der Waals surface area contributed by atoms with Crippen LogP contribution in [0.5, 0.6) is 0 Å². The number of hydrogen-bond acceptors (Lipinski definition) is 2. The second-order valence-corrected chi connectivity index (χ2v) is 8.88. The Hall–Kier alpha value is 0.130. The standard InChI is InChI=1S/C14H18Br2O2S/c15-10-14(7-2-1-3-8-14)11-19(17,18)13-6-4-5-12(16)9-13/h4-6,9H,1-3,7-8,10-11H2. The number of benzene rings is 1. The molecular weight excluding hydrogens is 392 g/mol.